The number of carbonyl (C=O) groups excluding carboxylic acids is 1. The molecule has 0 radical (unpaired) electrons. The molecule has 1 N–H and O–H groups in total. The van der Waals surface area contributed by atoms with Crippen LogP contribution in [0.5, 0.6) is 0 Å². The Morgan fingerprint density at radius 2 is 1.93 bits per heavy atom. The second kappa shape index (κ2) is 8.11. The van der Waals surface area contributed by atoms with E-state index < -0.39 is 5.41 Å². The van der Waals surface area contributed by atoms with E-state index in [0.29, 0.717) is 34.5 Å². The summed E-state index contributed by atoms with van der Waals surface area (Å²) in [5.74, 6) is -0.565. The van der Waals surface area contributed by atoms with Gasteiger partial charge in [-0.3, -0.25) is 9.78 Å². The van der Waals surface area contributed by atoms with Gasteiger partial charge >= 0.3 is 0 Å². The van der Waals surface area contributed by atoms with Crippen LogP contribution in [0.4, 0.5) is 10.1 Å². The minimum Gasteiger partial charge on any atom is -0.324 e. The molecule has 0 aliphatic rings. The Balaban J connectivity index is 1.92. The molecule has 1 aromatic heterocycles. The number of hydrogen-bond donors (Lipinski definition) is 1. The van der Waals surface area contributed by atoms with Crippen LogP contribution in [0.1, 0.15) is 24.5 Å². The molecule has 0 fully saturated rings. The van der Waals surface area contributed by atoms with Crippen LogP contribution >= 0.6 is 11.6 Å². The highest BCUT2D eigenvalue weighted by Crippen LogP contribution is 2.34. The van der Waals surface area contributed by atoms with Gasteiger partial charge in [0.05, 0.1) is 17.3 Å². The third-order valence-corrected chi connectivity index (χ3v) is 5.07. The number of pyridine rings is 1. The minimum atomic E-state index is -0.788. The highest BCUT2D eigenvalue weighted by atomic mass is 35.5. The number of rotatable bonds is 6. The Bertz CT molecular complexity index is 1040. The summed E-state index contributed by atoms with van der Waals surface area (Å²) in [5, 5.41) is 4.06. The number of halogens is 2. The molecule has 3 nitrogen and oxygen atoms in total. The Kier molecular flexibility index (Phi) is 5.80. The first-order chi connectivity index (χ1) is 13.3. The molecule has 2 aromatic carbocycles. The summed E-state index contributed by atoms with van der Waals surface area (Å²) in [6, 6.07) is 14.6. The number of aryl methyl sites for hydroxylation is 1. The lowest BCUT2D eigenvalue weighted by atomic mass is 9.79. The lowest BCUT2D eigenvalue weighted by molar-refractivity contribution is -0.124. The van der Waals surface area contributed by atoms with Gasteiger partial charge in [-0.2, -0.15) is 0 Å². The van der Waals surface area contributed by atoms with Gasteiger partial charge < -0.3 is 5.32 Å². The van der Waals surface area contributed by atoms with E-state index in [1.165, 1.54) is 12.3 Å². The molecule has 1 heterocycles. The molecule has 0 aliphatic heterocycles. The zero-order chi connectivity index (χ0) is 20.3. The van der Waals surface area contributed by atoms with Crippen molar-refractivity contribution in [2.75, 3.05) is 5.32 Å². The van der Waals surface area contributed by atoms with Crippen molar-refractivity contribution < 1.29 is 9.18 Å². The Morgan fingerprint density at radius 1 is 1.21 bits per heavy atom. The van der Waals surface area contributed by atoms with Crippen molar-refractivity contribution >= 4 is 34.1 Å². The number of fused-ring (bicyclic) bond motifs is 1. The minimum absolute atomic E-state index is 0.182. The molecule has 1 amide bonds. The van der Waals surface area contributed by atoms with Crippen LogP contribution in [0.2, 0.25) is 0 Å². The fourth-order valence-electron chi connectivity index (χ4n) is 3.41. The maximum atomic E-state index is 14.0. The molecule has 0 spiro atoms. The van der Waals surface area contributed by atoms with Crippen molar-refractivity contribution in [1.82, 2.24) is 4.98 Å². The van der Waals surface area contributed by atoms with Gasteiger partial charge in [-0.1, -0.05) is 67.6 Å². The number of benzene rings is 2. The van der Waals surface area contributed by atoms with Crippen LogP contribution < -0.4 is 5.32 Å². The summed E-state index contributed by atoms with van der Waals surface area (Å²) < 4.78 is 14.0. The molecule has 0 saturated heterocycles. The van der Waals surface area contributed by atoms with Gasteiger partial charge in [-0.25, -0.2) is 4.39 Å². The highest BCUT2D eigenvalue weighted by molar-refractivity contribution is 6.29. The number of aromatic nitrogens is 1. The monoisotopic (exact) mass is 396 g/mol. The first-order valence-electron chi connectivity index (χ1n) is 9.03. The molecule has 0 saturated carbocycles. The van der Waals surface area contributed by atoms with Crippen LogP contribution in [0.25, 0.3) is 10.9 Å². The first kappa shape index (κ1) is 20.0. The van der Waals surface area contributed by atoms with Crippen molar-refractivity contribution in [3.63, 3.8) is 0 Å². The lowest BCUT2D eigenvalue weighted by Crippen LogP contribution is -2.36. The molecule has 0 bridgehead atoms. The molecule has 0 aliphatic carbocycles. The lowest BCUT2D eigenvalue weighted by Gasteiger charge is -2.28. The van der Waals surface area contributed by atoms with Crippen molar-refractivity contribution in [2.24, 2.45) is 5.41 Å². The van der Waals surface area contributed by atoms with Gasteiger partial charge in [0.15, 0.2) is 0 Å². The van der Waals surface area contributed by atoms with E-state index in [0.717, 1.165) is 11.1 Å². The summed E-state index contributed by atoms with van der Waals surface area (Å²) >= 11 is 6.07. The van der Waals surface area contributed by atoms with E-state index >= 15 is 0 Å². The second-order valence-corrected chi connectivity index (χ2v) is 7.84. The molecule has 28 heavy (non-hydrogen) atoms. The smallest absolute Gasteiger partial charge is 0.231 e. The number of anilines is 1. The number of nitrogens with zero attached hydrogens (tertiary/aromatic N) is 1. The quantitative estimate of drug-likeness (QED) is 0.554. The summed E-state index contributed by atoms with van der Waals surface area (Å²) in [5.41, 5.74) is 1.86. The van der Waals surface area contributed by atoms with Gasteiger partial charge in [0, 0.05) is 10.4 Å². The largest absolute Gasteiger partial charge is 0.324 e. The van der Waals surface area contributed by atoms with Crippen LogP contribution in [0, 0.1) is 18.2 Å². The topological polar surface area (TPSA) is 42.0 Å². The summed E-state index contributed by atoms with van der Waals surface area (Å²) in [6.45, 7) is 7.48. The molecule has 0 unspecified atom stereocenters. The number of carbonyl (C=O) groups is 1. The third kappa shape index (κ3) is 4.23. The maximum Gasteiger partial charge on any atom is 0.231 e. The Hall–Kier alpha value is -2.72. The van der Waals surface area contributed by atoms with E-state index in [4.69, 9.17) is 11.6 Å². The highest BCUT2D eigenvalue weighted by Gasteiger charge is 2.34. The van der Waals surface area contributed by atoms with Gasteiger partial charge in [0.1, 0.15) is 11.3 Å². The van der Waals surface area contributed by atoms with Crippen molar-refractivity contribution in [2.45, 2.75) is 26.7 Å². The molecule has 5 heteroatoms. The van der Waals surface area contributed by atoms with Gasteiger partial charge in [-0.05, 0) is 37.0 Å². The Labute approximate surface area is 169 Å². The normalized spacial score (nSPS) is 13.1. The van der Waals surface area contributed by atoms with Crippen LogP contribution in [-0.4, -0.2) is 10.9 Å². The fraction of sp³-hybridized carbons (Fsp3) is 0.217. The zero-order valence-electron chi connectivity index (χ0n) is 15.9. The molecule has 3 aromatic rings. The van der Waals surface area contributed by atoms with Crippen molar-refractivity contribution in [1.29, 1.82) is 0 Å². The van der Waals surface area contributed by atoms with Crippen molar-refractivity contribution in [3.8, 4) is 0 Å². The predicted molar refractivity (Wildman–Crippen MR) is 113 cm³/mol. The van der Waals surface area contributed by atoms with E-state index in [1.807, 2.05) is 44.2 Å². The fourth-order valence-corrected chi connectivity index (χ4v) is 3.71. The predicted octanol–water partition coefficient (Wildman–Crippen LogP) is 6.01. The average molecular weight is 397 g/mol. The van der Waals surface area contributed by atoms with Crippen LogP contribution in [-0.2, 0) is 11.2 Å². The number of para-hydroxylation sites is 1. The van der Waals surface area contributed by atoms with Gasteiger partial charge in [0.25, 0.3) is 0 Å². The SMILES string of the molecule is C=C(Cl)C[C@@](C)(Cc1ccccc1)C(=O)Nc1cnc2c(F)cccc2c1C. The number of amides is 1. The zero-order valence-corrected chi connectivity index (χ0v) is 16.7. The second-order valence-electron chi connectivity index (χ2n) is 7.30. The van der Waals surface area contributed by atoms with E-state index in [1.54, 1.807) is 12.1 Å². The van der Waals surface area contributed by atoms with Crippen LogP contribution in [0.3, 0.4) is 0 Å². The van der Waals surface area contributed by atoms with Crippen molar-refractivity contribution in [3.05, 3.63) is 83.3 Å². The van der Waals surface area contributed by atoms with Gasteiger partial charge in [0.2, 0.25) is 5.91 Å². The first-order valence-corrected chi connectivity index (χ1v) is 9.40. The number of hydrogen-bond acceptors (Lipinski definition) is 2. The Morgan fingerprint density at radius 3 is 2.61 bits per heavy atom. The molecule has 1 atom stereocenters. The van der Waals surface area contributed by atoms with E-state index in [-0.39, 0.29) is 11.7 Å². The molecule has 3 rings (SSSR count). The maximum absolute atomic E-state index is 14.0. The van der Waals surface area contributed by atoms with Crippen LogP contribution in [0.15, 0.2) is 66.3 Å². The number of allylic oxidation sites excluding steroid dienone is 1. The standard InChI is InChI=1S/C23H22ClFN2O/c1-15(24)12-23(3,13-17-8-5-4-6-9-17)22(28)27-20-14-26-21-18(16(20)2)10-7-11-19(21)25/h4-11,14H,1,12-13H2,2-3H3,(H,27,28)/t23-/m0/s1. The number of nitrogens with one attached hydrogen (secondary N) is 1. The summed E-state index contributed by atoms with van der Waals surface area (Å²) in [6.07, 6.45) is 2.35. The molecular formula is C23H22ClFN2O. The summed E-state index contributed by atoms with van der Waals surface area (Å²) in [7, 11) is 0. The third-order valence-electron chi connectivity index (χ3n) is 4.93. The van der Waals surface area contributed by atoms with E-state index in [9.17, 15) is 9.18 Å². The van der Waals surface area contributed by atoms with Gasteiger partial charge in [-0.15, -0.1) is 0 Å². The van der Waals surface area contributed by atoms with E-state index in [2.05, 4.69) is 16.9 Å². The molecular weight excluding hydrogens is 375 g/mol. The molecule has 144 valence electrons. The average Bonchev–Trinajstić information content (AvgIpc) is 2.64. The summed E-state index contributed by atoms with van der Waals surface area (Å²) in [4.78, 5) is 17.4.